The van der Waals surface area contributed by atoms with Crippen molar-refractivity contribution in [3.8, 4) is 0 Å². The molecule has 2 heterocycles. The van der Waals surface area contributed by atoms with Gasteiger partial charge in [-0.1, -0.05) is 41.4 Å². The second-order valence-corrected chi connectivity index (χ2v) is 16.1. The van der Waals surface area contributed by atoms with Crippen LogP contribution in [-0.4, -0.2) is 86.5 Å². The molecule has 2 aliphatic heterocycles. The minimum Gasteiger partial charge on any atom is -0.396 e. The molecule has 3 aliphatic rings. The number of β-amino-alcohol motifs (C(OH)–C–C–N with tert-alkyl or cyclic N) is 1. The molecule has 2 fully saturated rings. The van der Waals surface area contributed by atoms with Crippen LogP contribution in [0.5, 0.6) is 0 Å². The van der Waals surface area contributed by atoms with Gasteiger partial charge in [0.2, 0.25) is 0 Å². The molecule has 0 aromatic heterocycles. The van der Waals surface area contributed by atoms with Crippen LogP contribution in [0.2, 0.25) is 10.0 Å². The summed E-state index contributed by atoms with van der Waals surface area (Å²) in [7, 11) is -3.80. The fourth-order valence-corrected chi connectivity index (χ4v) is 7.91. The summed E-state index contributed by atoms with van der Waals surface area (Å²) in [6.07, 6.45) is 2.43. The van der Waals surface area contributed by atoms with Crippen molar-refractivity contribution in [2.24, 2.45) is 5.41 Å². The second kappa shape index (κ2) is 12.7. The summed E-state index contributed by atoms with van der Waals surface area (Å²) < 4.78 is 49.4. The molecule has 1 saturated carbocycles. The normalized spacial score (nSPS) is 22.3. The molecule has 1 amide bonds. The molecular weight excluding hydrogens is 668 g/mol. The lowest BCUT2D eigenvalue weighted by molar-refractivity contribution is -0.130. The quantitative estimate of drug-likeness (QED) is 0.271. The van der Waals surface area contributed by atoms with Crippen LogP contribution in [0.1, 0.15) is 52.4 Å². The fourth-order valence-electron chi connectivity index (χ4n) is 6.60. The number of carbonyl (C=O) groups excluding carboxylic acids is 1. The number of piperazine rings is 1. The van der Waals surface area contributed by atoms with Crippen molar-refractivity contribution in [1.29, 1.82) is 0 Å². The van der Waals surface area contributed by atoms with Gasteiger partial charge in [0.25, 0.3) is 5.91 Å². The summed E-state index contributed by atoms with van der Waals surface area (Å²) in [5.41, 5.74) is -3.13. The molecule has 9 nitrogen and oxygen atoms in total. The number of benzene rings is 3. The predicted octanol–water partition coefficient (Wildman–Crippen LogP) is 4.29. The van der Waals surface area contributed by atoms with Gasteiger partial charge in [0.15, 0.2) is 15.6 Å². The van der Waals surface area contributed by atoms with Crippen molar-refractivity contribution in [3.05, 3.63) is 98.3 Å². The lowest BCUT2D eigenvalue weighted by Crippen LogP contribution is -2.48. The monoisotopic (exact) mass is 705 g/mol. The molecule has 0 bridgehead atoms. The number of rotatable bonds is 11. The Hall–Kier alpha value is -2.61. The van der Waals surface area contributed by atoms with Crippen molar-refractivity contribution < 1.29 is 32.6 Å². The minimum absolute atomic E-state index is 0.00317. The topological polar surface area (TPSA) is 119 Å². The van der Waals surface area contributed by atoms with Crippen LogP contribution >= 0.6 is 23.2 Å². The average molecular weight is 707 g/mol. The van der Waals surface area contributed by atoms with E-state index in [2.05, 4.69) is 10.2 Å². The number of aliphatic hydroxyl groups excluding tert-OH is 1. The van der Waals surface area contributed by atoms with Crippen LogP contribution in [0.25, 0.3) is 0 Å². The molecular formula is C34H38Cl2FN3O6S. The lowest BCUT2D eigenvalue weighted by Gasteiger charge is -2.41. The van der Waals surface area contributed by atoms with Gasteiger partial charge < -0.3 is 20.3 Å². The van der Waals surface area contributed by atoms with Crippen molar-refractivity contribution in [2.45, 2.75) is 42.5 Å². The van der Waals surface area contributed by atoms with Gasteiger partial charge in [-0.05, 0) is 67.3 Å². The molecule has 0 radical (unpaired) electrons. The van der Waals surface area contributed by atoms with Crippen molar-refractivity contribution in [2.75, 3.05) is 52.2 Å². The molecule has 47 heavy (non-hydrogen) atoms. The molecule has 2 atom stereocenters. The van der Waals surface area contributed by atoms with Crippen LogP contribution in [0.4, 0.5) is 4.39 Å². The largest absolute Gasteiger partial charge is 0.396 e. The summed E-state index contributed by atoms with van der Waals surface area (Å²) in [6, 6.07) is 13.6. The Bertz CT molecular complexity index is 1800. The number of fused-ring (bicyclic) bond motifs is 1. The van der Waals surface area contributed by atoms with E-state index in [9.17, 15) is 23.4 Å². The van der Waals surface area contributed by atoms with Crippen LogP contribution in [-0.2, 0) is 32.4 Å². The van der Waals surface area contributed by atoms with Crippen LogP contribution in [0.15, 0.2) is 59.5 Å². The number of halogens is 3. The smallest absolute Gasteiger partial charge is 0.257 e. The Morgan fingerprint density at radius 1 is 1.04 bits per heavy atom. The first-order valence-electron chi connectivity index (χ1n) is 15.5. The van der Waals surface area contributed by atoms with Gasteiger partial charge in [0, 0.05) is 60.0 Å². The van der Waals surface area contributed by atoms with Gasteiger partial charge in [-0.3, -0.25) is 14.6 Å². The number of hydrogen-bond donors (Lipinski definition) is 3. The molecule has 0 unspecified atom stereocenters. The van der Waals surface area contributed by atoms with Gasteiger partial charge in [-0.15, -0.1) is 0 Å². The number of carbonyl (C=O) groups is 1. The van der Waals surface area contributed by atoms with E-state index < -0.39 is 38.3 Å². The Balaban J connectivity index is 1.54. The zero-order valence-electron chi connectivity index (χ0n) is 26.2. The zero-order valence-corrected chi connectivity index (χ0v) is 28.6. The number of nitrogens with zero attached hydrogens (tertiary/aromatic N) is 2. The highest BCUT2D eigenvalue weighted by Crippen LogP contribution is 2.52. The first kappa shape index (κ1) is 34.3. The third kappa shape index (κ3) is 6.57. The van der Waals surface area contributed by atoms with E-state index in [-0.39, 0.29) is 58.5 Å². The third-order valence-electron chi connectivity index (χ3n) is 9.52. The third-order valence-corrected chi connectivity index (χ3v) is 11.2. The van der Waals surface area contributed by atoms with Crippen molar-refractivity contribution >= 4 is 38.9 Å². The summed E-state index contributed by atoms with van der Waals surface area (Å²) in [6.45, 7) is 4.32. The van der Waals surface area contributed by atoms with Crippen LogP contribution < -0.4 is 5.32 Å². The summed E-state index contributed by atoms with van der Waals surface area (Å²) in [4.78, 5) is 18.0. The van der Waals surface area contributed by atoms with Gasteiger partial charge in [0.1, 0.15) is 5.82 Å². The maximum atomic E-state index is 16.9. The van der Waals surface area contributed by atoms with Gasteiger partial charge >= 0.3 is 0 Å². The summed E-state index contributed by atoms with van der Waals surface area (Å²) >= 11 is 12.5. The van der Waals surface area contributed by atoms with E-state index in [1.54, 1.807) is 31.2 Å². The molecule has 6 rings (SSSR count). The molecule has 13 heteroatoms. The Kier molecular flexibility index (Phi) is 9.25. The molecule has 1 aliphatic carbocycles. The lowest BCUT2D eigenvalue weighted by atomic mass is 9.87. The number of nitrogens with one attached hydrogen (secondary N) is 1. The van der Waals surface area contributed by atoms with E-state index in [4.69, 9.17) is 27.9 Å². The molecule has 3 N–H and O–H groups in total. The number of ether oxygens (including phenoxy) is 1. The maximum Gasteiger partial charge on any atom is 0.257 e. The van der Waals surface area contributed by atoms with E-state index in [1.165, 1.54) is 35.2 Å². The van der Waals surface area contributed by atoms with E-state index >= 15 is 4.39 Å². The van der Waals surface area contributed by atoms with E-state index in [0.29, 0.717) is 36.5 Å². The molecule has 252 valence electrons. The Morgan fingerprint density at radius 3 is 2.32 bits per heavy atom. The van der Waals surface area contributed by atoms with Gasteiger partial charge in [-0.2, -0.15) is 0 Å². The average Bonchev–Trinajstić information content (AvgIpc) is 3.77. The van der Waals surface area contributed by atoms with E-state index in [1.807, 2.05) is 0 Å². The van der Waals surface area contributed by atoms with Crippen LogP contribution in [0, 0.1) is 11.2 Å². The summed E-state index contributed by atoms with van der Waals surface area (Å²) in [5.74, 6) is -1.38. The Labute approximate surface area is 284 Å². The minimum atomic E-state index is -3.80. The van der Waals surface area contributed by atoms with E-state index in [0.717, 1.165) is 19.3 Å². The fraction of sp³-hybridized carbons (Fsp3) is 0.441. The highest BCUT2D eigenvalue weighted by atomic mass is 35.5. The highest BCUT2D eigenvalue weighted by Gasteiger charge is 2.57. The number of aliphatic hydroxyl groups is 2. The molecule has 1 saturated heterocycles. The first-order chi connectivity index (χ1) is 22.2. The van der Waals surface area contributed by atoms with Gasteiger partial charge in [0.05, 0.1) is 41.4 Å². The molecule has 0 spiro atoms. The maximum absolute atomic E-state index is 16.9. The second-order valence-electron chi connectivity index (χ2n) is 13.2. The zero-order chi connectivity index (χ0) is 33.8. The SMILES string of the molecule is C[C@](O)(CN1CCNCC1)c1cc(F)c2c(c1)C(=O)N(Cc1ccc(Cl)cc1S(C)(=O)=O)[C@@]2(OCC1(CO)CC1)c1ccc(Cl)cc1. The summed E-state index contributed by atoms with van der Waals surface area (Å²) in [5, 5.41) is 25.7. The highest BCUT2D eigenvalue weighted by molar-refractivity contribution is 7.90. The van der Waals surface area contributed by atoms with Crippen LogP contribution in [0.3, 0.4) is 0 Å². The molecule has 3 aromatic rings. The first-order valence-corrected chi connectivity index (χ1v) is 18.2. The number of hydrogen-bond acceptors (Lipinski definition) is 8. The van der Waals surface area contributed by atoms with Crippen molar-refractivity contribution in [1.82, 2.24) is 15.1 Å². The Morgan fingerprint density at radius 2 is 1.70 bits per heavy atom. The molecule has 3 aromatic carbocycles. The number of sulfone groups is 1. The van der Waals surface area contributed by atoms with Gasteiger partial charge in [-0.25, -0.2) is 12.8 Å². The number of amides is 1. The van der Waals surface area contributed by atoms with Crippen molar-refractivity contribution in [3.63, 3.8) is 0 Å². The predicted molar refractivity (Wildman–Crippen MR) is 177 cm³/mol. The standard InChI is InChI=1S/C34H38Cl2FN3O6S/c1-32(43,19-39-13-11-38-12-14-39)24-15-27-30(28(37)16-24)34(23-4-7-25(35)8-5-23,46-21-33(20-41)9-10-33)40(31(27)42)18-22-3-6-26(36)17-29(22)47(2,44)45/h3-8,15-17,38,41,43H,9-14,18-21H2,1-2H3/t32-,34+/m0/s1.